The zero-order valence-electron chi connectivity index (χ0n) is 12.9. The summed E-state index contributed by atoms with van der Waals surface area (Å²) >= 11 is 0. The Morgan fingerprint density at radius 2 is 2.00 bits per heavy atom. The number of benzene rings is 1. The lowest BCUT2D eigenvalue weighted by atomic mass is 10.0. The van der Waals surface area contributed by atoms with Crippen LogP contribution in [0.3, 0.4) is 0 Å². The van der Waals surface area contributed by atoms with Gasteiger partial charge in [-0.2, -0.15) is 0 Å². The van der Waals surface area contributed by atoms with Crippen LogP contribution >= 0.6 is 0 Å². The van der Waals surface area contributed by atoms with Gasteiger partial charge in [0.25, 0.3) is 0 Å². The molecule has 110 valence electrons. The Balaban J connectivity index is 2.18. The van der Waals surface area contributed by atoms with Crippen LogP contribution in [0.2, 0.25) is 0 Å². The van der Waals surface area contributed by atoms with Gasteiger partial charge in [-0.15, -0.1) is 0 Å². The second kappa shape index (κ2) is 6.37. The molecule has 1 aliphatic heterocycles. The number of hydrogen-bond donors (Lipinski definition) is 1. The van der Waals surface area contributed by atoms with E-state index < -0.39 is 0 Å². The summed E-state index contributed by atoms with van der Waals surface area (Å²) in [6.07, 6.45) is 0. The van der Waals surface area contributed by atoms with Gasteiger partial charge in [0.1, 0.15) is 6.04 Å². The van der Waals surface area contributed by atoms with Gasteiger partial charge in [-0.1, -0.05) is 29.8 Å². The number of carbonyl (C=O) groups is 1. The van der Waals surface area contributed by atoms with E-state index in [0.717, 1.165) is 19.6 Å². The number of amides is 1. The van der Waals surface area contributed by atoms with Crippen LogP contribution < -0.4 is 5.32 Å². The van der Waals surface area contributed by atoms with Crippen LogP contribution in [0.25, 0.3) is 0 Å². The third-order valence-electron chi connectivity index (χ3n) is 4.07. The average Bonchev–Trinajstić information content (AvgIpc) is 2.46. The van der Waals surface area contributed by atoms with E-state index in [9.17, 15) is 4.79 Å². The number of hydrogen-bond acceptors (Lipinski definition) is 3. The first-order valence-electron chi connectivity index (χ1n) is 7.25. The molecule has 1 N–H and O–H groups in total. The second-order valence-electron chi connectivity index (χ2n) is 5.78. The first-order valence-corrected chi connectivity index (χ1v) is 7.25. The lowest BCUT2D eigenvalue weighted by Gasteiger charge is -2.40. The van der Waals surface area contributed by atoms with Crippen LogP contribution in [0.1, 0.15) is 24.1 Å². The molecule has 2 unspecified atom stereocenters. The lowest BCUT2D eigenvalue weighted by Crippen LogP contribution is -2.58. The molecule has 4 nitrogen and oxygen atoms in total. The molecule has 1 aliphatic rings. The standard InChI is InChI=1S/C16H25N3O/c1-12-5-7-14(8-6-12)13(2)19-10-9-17-11-15(19)16(20)18(3)4/h5-8,13,15,17H,9-11H2,1-4H3. The van der Waals surface area contributed by atoms with E-state index in [2.05, 4.69) is 48.3 Å². The van der Waals surface area contributed by atoms with Crippen molar-refractivity contribution in [1.29, 1.82) is 0 Å². The predicted octanol–water partition coefficient (Wildman–Crippen LogP) is 1.42. The first kappa shape index (κ1) is 15.0. The van der Waals surface area contributed by atoms with Crippen LogP contribution in [-0.2, 0) is 4.79 Å². The fourth-order valence-corrected chi connectivity index (χ4v) is 2.75. The largest absolute Gasteiger partial charge is 0.347 e. The van der Waals surface area contributed by atoms with Crippen LogP contribution in [0.15, 0.2) is 24.3 Å². The molecule has 2 rings (SSSR count). The molecule has 0 spiro atoms. The van der Waals surface area contributed by atoms with Crippen molar-refractivity contribution < 1.29 is 4.79 Å². The highest BCUT2D eigenvalue weighted by Gasteiger charge is 2.33. The molecular formula is C16H25N3O. The van der Waals surface area contributed by atoms with Gasteiger partial charge < -0.3 is 10.2 Å². The topological polar surface area (TPSA) is 35.6 Å². The molecule has 1 aromatic carbocycles. The zero-order chi connectivity index (χ0) is 14.7. The first-order chi connectivity index (χ1) is 9.50. The number of likely N-dealkylation sites (N-methyl/N-ethyl adjacent to an activating group) is 1. The molecule has 20 heavy (non-hydrogen) atoms. The van der Waals surface area contributed by atoms with Crippen molar-refractivity contribution in [1.82, 2.24) is 15.1 Å². The number of nitrogens with one attached hydrogen (secondary N) is 1. The molecule has 0 aromatic heterocycles. The third kappa shape index (κ3) is 3.19. The summed E-state index contributed by atoms with van der Waals surface area (Å²) in [4.78, 5) is 16.3. The summed E-state index contributed by atoms with van der Waals surface area (Å²) < 4.78 is 0. The van der Waals surface area contributed by atoms with Gasteiger partial charge in [0, 0.05) is 39.8 Å². The fraction of sp³-hybridized carbons (Fsp3) is 0.562. The van der Waals surface area contributed by atoms with E-state index in [1.807, 2.05) is 14.1 Å². The third-order valence-corrected chi connectivity index (χ3v) is 4.07. The van der Waals surface area contributed by atoms with Crippen molar-refractivity contribution in [2.75, 3.05) is 33.7 Å². The minimum Gasteiger partial charge on any atom is -0.347 e. The molecule has 0 bridgehead atoms. The van der Waals surface area contributed by atoms with Crippen LogP contribution in [0.4, 0.5) is 0 Å². The number of nitrogens with zero attached hydrogens (tertiary/aromatic N) is 2. The number of piperazine rings is 1. The van der Waals surface area contributed by atoms with Crippen molar-refractivity contribution in [3.05, 3.63) is 35.4 Å². The van der Waals surface area contributed by atoms with E-state index >= 15 is 0 Å². The molecule has 1 saturated heterocycles. The molecule has 1 heterocycles. The van der Waals surface area contributed by atoms with Crippen molar-refractivity contribution >= 4 is 5.91 Å². The summed E-state index contributed by atoms with van der Waals surface area (Å²) in [5.74, 6) is 0.177. The number of rotatable bonds is 3. The highest BCUT2D eigenvalue weighted by Crippen LogP contribution is 2.24. The molecule has 0 saturated carbocycles. The van der Waals surface area contributed by atoms with Crippen LogP contribution in [0, 0.1) is 6.92 Å². The van der Waals surface area contributed by atoms with E-state index in [-0.39, 0.29) is 18.0 Å². The Hall–Kier alpha value is -1.39. The summed E-state index contributed by atoms with van der Waals surface area (Å²) in [7, 11) is 3.65. The minimum atomic E-state index is -0.0740. The van der Waals surface area contributed by atoms with Gasteiger partial charge in [0.05, 0.1) is 0 Å². The Labute approximate surface area is 121 Å². The number of aryl methyl sites for hydroxylation is 1. The van der Waals surface area contributed by atoms with Gasteiger partial charge in [0.2, 0.25) is 5.91 Å². The summed E-state index contributed by atoms with van der Waals surface area (Å²) in [6, 6.07) is 8.79. The molecular weight excluding hydrogens is 250 g/mol. The Morgan fingerprint density at radius 3 is 2.60 bits per heavy atom. The van der Waals surface area contributed by atoms with Crippen molar-refractivity contribution in [2.45, 2.75) is 25.9 Å². The maximum Gasteiger partial charge on any atom is 0.240 e. The van der Waals surface area contributed by atoms with E-state index in [1.54, 1.807) is 4.90 Å². The maximum atomic E-state index is 12.3. The van der Waals surface area contributed by atoms with E-state index in [1.165, 1.54) is 11.1 Å². The summed E-state index contributed by atoms with van der Waals surface area (Å²) in [6.45, 7) is 6.85. The Bertz CT molecular complexity index is 455. The molecule has 0 radical (unpaired) electrons. The monoisotopic (exact) mass is 275 g/mol. The maximum absolute atomic E-state index is 12.3. The lowest BCUT2D eigenvalue weighted by molar-refractivity contribution is -0.136. The second-order valence-corrected chi connectivity index (χ2v) is 5.78. The normalized spacial score (nSPS) is 21.5. The van der Waals surface area contributed by atoms with Crippen molar-refractivity contribution in [3.63, 3.8) is 0 Å². The van der Waals surface area contributed by atoms with Crippen LogP contribution in [0.5, 0.6) is 0 Å². The molecule has 2 atom stereocenters. The number of carbonyl (C=O) groups excluding carboxylic acids is 1. The summed E-state index contributed by atoms with van der Waals surface area (Å²) in [5, 5.41) is 3.33. The van der Waals surface area contributed by atoms with Crippen molar-refractivity contribution in [2.24, 2.45) is 0 Å². The minimum absolute atomic E-state index is 0.0740. The van der Waals surface area contributed by atoms with Crippen LogP contribution in [-0.4, -0.2) is 55.5 Å². The van der Waals surface area contributed by atoms with E-state index in [4.69, 9.17) is 0 Å². The van der Waals surface area contributed by atoms with Gasteiger partial charge >= 0.3 is 0 Å². The molecule has 1 fully saturated rings. The van der Waals surface area contributed by atoms with E-state index in [0.29, 0.717) is 0 Å². The van der Waals surface area contributed by atoms with Gasteiger partial charge in [-0.05, 0) is 19.4 Å². The SMILES string of the molecule is Cc1ccc(C(C)N2CCNCC2C(=O)N(C)C)cc1. The zero-order valence-corrected chi connectivity index (χ0v) is 12.9. The molecule has 1 amide bonds. The predicted molar refractivity (Wildman–Crippen MR) is 81.7 cm³/mol. The Morgan fingerprint density at radius 1 is 1.35 bits per heavy atom. The van der Waals surface area contributed by atoms with Gasteiger partial charge in [-0.3, -0.25) is 9.69 Å². The highest BCUT2D eigenvalue weighted by molar-refractivity contribution is 5.81. The highest BCUT2D eigenvalue weighted by atomic mass is 16.2. The quantitative estimate of drug-likeness (QED) is 0.906. The fourth-order valence-electron chi connectivity index (χ4n) is 2.75. The molecule has 1 aromatic rings. The van der Waals surface area contributed by atoms with Gasteiger partial charge in [0.15, 0.2) is 0 Å². The summed E-state index contributed by atoms with van der Waals surface area (Å²) in [5.41, 5.74) is 2.54. The molecule has 0 aliphatic carbocycles. The Kier molecular flexibility index (Phi) is 4.78. The average molecular weight is 275 g/mol. The smallest absolute Gasteiger partial charge is 0.240 e. The van der Waals surface area contributed by atoms with Crippen molar-refractivity contribution in [3.8, 4) is 0 Å². The molecule has 4 heteroatoms. The van der Waals surface area contributed by atoms with Gasteiger partial charge in [-0.25, -0.2) is 0 Å².